The molecule has 0 aliphatic heterocycles. The van der Waals surface area contributed by atoms with E-state index >= 15 is 0 Å². The fraction of sp³-hybridized carbons (Fsp3) is 0.0169. The van der Waals surface area contributed by atoms with Crippen molar-refractivity contribution in [3.63, 3.8) is 0 Å². The van der Waals surface area contributed by atoms with Gasteiger partial charge < -0.3 is 9.47 Å². The van der Waals surface area contributed by atoms with Crippen LogP contribution in [0.15, 0.2) is 224 Å². The molecule has 0 aliphatic carbocycles. The van der Waals surface area contributed by atoms with Crippen molar-refractivity contribution in [2.24, 2.45) is 0 Å². The van der Waals surface area contributed by atoms with Gasteiger partial charge in [-0.05, 0) is 123 Å². The molecular weight excluding hydrogens is 797 g/mol. The summed E-state index contributed by atoms with van der Waals surface area (Å²) < 4.78 is 12.4. The van der Waals surface area contributed by atoms with E-state index in [4.69, 9.17) is 8.75 Å². The maximum absolute atomic E-state index is 5.00. The Kier molecular flexibility index (Phi) is 9.20. The van der Waals surface area contributed by atoms with E-state index in [0.29, 0.717) is 0 Å². The lowest BCUT2D eigenvalue weighted by atomic mass is 10.0. The third-order valence-corrected chi connectivity index (χ3v) is 13.1. The molecule has 0 saturated carbocycles. The van der Waals surface area contributed by atoms with E-state index in [-0.39, 0.29) is 0 Å². The van der Waals surface area contributed by atoms with Crippen LogP contribution < -0.4 is 4.90 Å². The van der Waals surface area contributed by atoms with Crippen molar-refractivity contribution >= 4 is 72.4 Å². The zero-order chi connectivity index (χ0) is 42.6. The highest BCUT2D eigenvalue weighted by atomic mass is 32.1. The monoisotopic (exact) mass is 836 g/mol. The molecule has 0 aliphatic rings. The molecule has 2 heterocycles. The normalized spacial score (nSPS) is 11.5. The Morgan fingerprint density at radius 3 is 1.78 bits per heavy atom. The first-order valence-electron chi connectivity index (χ1n) is 21.6. The molecule has 0 N–H and O–H groups in total. The molecule has 12 aromatic rings. The Balaban J connectivity index is 0.964. The molecule has 302 valence electrons. The third-order valence-electron chi connectivity index (χ3n) is 12.6. The average Bonchev–Trinajstić information content (AvgIpc) is 3.99. The SMILES string of the molecule is Cc1ccc(-c2cccc(N(c3ccc(-c4ccccc4)cc3)c3ccc(-c4ccc(-n5c6ccc(-c7ccccc7)cc6c6c7ccccc7ccc65)cc4)c4nsnc34)c2)cc1. The molecule has 0 spiro atoms. The molecule has 0 unspecified atom stereocenters. The Morgan fingerprint density at radius 1 is 0.406 bits per heavy atom. The van der Waals surface area contributed by atoms with E-state index in [2.05, 4.69) is 241 Å². The van der Waals surface area contributed by atoms with Crippen LogP contribution in [0.2, 0.25) is 0 Å². The number of aryl methyl sites for hydroxylation is 1. The molecular formula is C59H40N4S. The van der Waals surface area contributed by atoms with Crippen molar-refractivity contribution < 1.29 is 0 Å². The van der Waals surface area contributed by atoms with E-state index < -0.39 is 0 Å². The quantitative estimate of drug-likeness (QED) is 0.153. The van der Waals surface area contributed by atoms with Crippen LogP contribution >= 0.6 is 11.7 Å². The zero-order valence-corrected chi connectivity index (χ0v) is 35.9. The van der Waals surface area contributed by atoms with Crippen molar-refractivity contribution in [3.05, 3.63) is 230 Å². The van der Waals surface area contributed by atoms with E-state index in [0.717, 1.165) is 50.5 Å². The second-order valence-corrected chi connectivity index (χ2v) is 16.9. The van der Waals surface area contributed by atoms with Gasteiger partial charge in [-0.25, -0.2) is 0 Å². The van der Waals surface area contributed by atoms with Gasteiger partial charge in [-0.1, -0.05) is 163 Å². The smallest absolute Gasteiger partial charge is 0.129 e. The van der Waals surface area contributed by atoms with Crippen LogP contribution in [-0.2, 0) is 0 Å². The lowest BCUT2D eigenvalue weighted by Crippen LogP contribution is -2.11. The standard InChI is InChI=1S/C59H40N4S/c1-39-19-21-43(22-20-39)46-16-10-17-50(37-46)62(48-29-23-42(24-30-48)40-11-4-2-5-12-40)56-36-33-52(58-59(56)61-64-60-58)45-25-31-49(32-26-45)63-54-34-28-47(41-13-6-3-7-14-41)38-53(54)57-51-18-9-8-15-44(51)27-35-55(57)63/h2-38H,1H3. The molecule has 12 rings (SSSR count). The number of rotatable bonds is 8. The number of anilines is 3. The Hall–Kier alpha value is -8.12. The van der Waals surface area contributed by atoms with Gasteiger partial charge in [0.05, 0.1) is 28.4 Å². The van der Waals surface area contributed by atoms with Gasteiger partial charge in [-0.2, -0.15) is 8.75 Å². The first kappa shape index (κ1) is 37.6. The Bertz CT molecular complexity index is 3650. The largest absolute Gasteiger partial charge is 0.309 e. The van der Waals surface area contributed by atoms with Gasteiger partial charge in [0.1, 0.15) is 11.0 Å². The summed E-state index contributed by atoms with van der Waals surface area (Å²) in [6.07, 6.45) is 0. The van der Waals surface area contributed by atoms with Gasteiger partial charge >= 0.3 is 0 Å². The zero-order valence-electron chi connectivity index (χ0n) is 35.1. The summed E-state index contributed by atoms with van der Waals surface area (Å²) in [6.45, 7) is 2.13. The van der Waals surface area contributed by atoms with Crippen molar-refractivity contribution in [3.8, 4) is 50.2 Å². The van der Waals surface area contributed by atoms with Crippen molar-refractivity contribution in [2.75, 3.05) is 4.90 Å². The highest BCUT2D eigenvalue weighted by Crippen LogP contribution is 2.44. The number of hydrogen-bond acceptors (Lipinski definition) is 4. The molecule has 4 nitrogen and oxygen atoms in total. The fourth-order valence-corrected chi connectivity index (χ4v) is 9.94. The minimum Gasteiger partial charge on any atom is -0.309 e. The molecule has 0 atom stereocenters. The third kappa shape index (κ3) is 6.53. The first-order chi connectivity index (χ1) is 31.6. The van der Waals surface area contributed by atoms with Gasteiger partial charge in [0.15, 0.2) is 0 Å². The maximum Gasteiger partial charge on any atom is 0.129 e. The Labute approximate surface area is 375 Å². The number of fused-ring (bicyclic) bond motifs is 6. The first-order valence-corrected chi connectivity index (χ1v) is 22.4. The van der Waals surface area contributed by atoms with Crippen LogP contribution in [0.5, 0.6) is 0 Å². The number of benzene rings is 10. The van der Waals surface area contributed by atoms with Crippen molar-refractivity contribution in [1.82, 2.24) is 13.3 Å². The molecule has 64 heavy (non-hydrogen) atoms. The lowest BCUT2D eigenvalue weighted by Gasteiger charge is -2.26. The van der Waals surface area contributed by atoms with Crippen molar-refractivity contribution in [1.29, 1.82) is 0 Å². The summed E-state index contributed by atoms with van der Waals surface area (Å²) in [7, 11) is 0. The second-order valence-electron chi connectivity index (χ2n) is 16.4. The molecule has 0 amide bonds. The van der Waals surface area contributed by atoms with E-state index in [1.807, 2.05) is 0 Å². The molecule has 0 fully saturated rings. The summed E-state index contributed by atoms with van der Waals surface area (Å²) in [6, 6.07) is 81.0. The molecule has 5 heteroatoms. The minimum atomic E-state index is 0.864. The van der Waals surface area contributed by atoms with Crippen LogP contribution in [0.1, 0.15) is 5.56 Å². The molecule has 0 radical (unpaired) electrons. The molecule has 10 aromatic carbocycles. The fourth-order valence-electron chi connectivity index (χ4n) is 9.37. The highest BCUT2D eigenvalue weighted by molar-refractivity contribution is 7.00. The molecule has 0 bridgehead atoms. The van der Waals surface area contributed by atoms with Crippen LogP contribution in [0.4, 0.5) is 17.1 Å². The van der Waals surface area contributed by atoms with Crippen LogP contribution in [0.3, 0.4) is 0 Å². The summed E-state index contributed by atoms with van der Waals surface area (Å²) in [5.41, 5.74) is 18.8. The van der Waals surface area contributed by atoms with E-state index in [1.165, 1.54) is 77.7 Å². The predicted octanol–water partition coefficient (Wildman–Crippen LogP) is 16.4. The summed E-state index contributed by atoms with van der Waals surface area (Å²) >= 11 is 1.26. The van der Waals surface area contributed by atoms with Crippen LogP contribution in [0, 0.1) is 6.92 Å². The van der Waals surface area contributed by atoms with Gasteiger partial charge in [0.25, 0.3) is 0 Å². The van der Waals surface area contributed by atoms with Gasteiger partial charge in [0.2, 0.25) is 0 Å². The number of aromatic nitrogens is 3. The molecule has 2 aromatic heterocycles. The van der Waals surface area contributed by atoms with Gasteiger partial charge in [0, 0.05) is 33.4 Å². The maximum atomic E-state index is 5.00. The summed E-state index contributed by atoms with van der Waals surface area (Å²) in [5.74, 6) is 0. The van der Waals surface area contributed by atoms with Crippen LogP contribution in [0.25, 0.3) is 93.8 Å². The highest BCUT2D eigenvalue weighted by Gasteiger charge is 2.22. The number of hydrogen-bond donors (Lipinski definition) is 0. The number of nitrogens with zero attached hydrogens (tertiary/aromatic N) is 4. The topological polar surface area (TPSA) is 34.0 Å². The van der Waals surface area contributed by atoms with Gasteiger partial charge in [-0.3, -0.25) is 0 Å². The second kappa shape index (κ2) is 15.7. The van der Waals surface area contributed by atoms with Gasteiger partial charge in [-0.15, -0.1) is 0 Å². The summed E-state index contributed by atoms with van der Waals surface area (Å²) in [5, 5.41) is 5.00. The average molecular weight is 837 g/mol. The van der Waals surface area contributed by atoms with Crippen LogP contribution in [-0.4, -0.2) is 13.3 Å². The van der Waals surface area contributed by atoms with Crippen molar-refractivity contribution in [2.45, 2.75) is 6.92 Å². The summed E-state index contributed by atoms with van der Waals surface area (Å²) in [4.78, 5) is 2.32. The predicted molar refractivity (Wildman–Crippen MR) is 270 cm³/mol. The Morgan fingerprint density at radius 2 is 1.00 bits per heavy atom. The minimum absolute atomic E-state index is 0.864. The lowest BCUT2D eigenvalue weighted by molar-refractivity contribution is 1.18. The molecule has 0 saturated heterocycles. The van der Waals surface area contributed by atoms with E-state index in [1.54, 1.807) is 0 Å². The van der Waals surface area contributed by atoms with E-state index in [9.17, 15) is 0 Å².